The molecule has 15 nitrogen and oxygen atoms in total. The zero-order valence-electron chi connectivity index (χ0n) is 27.0. The van der Waals surface area contributed by atoms with Gasteiger partial charge in [0.15, 0.2) is 0 Å². The molecule has 0 unspecified atom stereocenters. The van der Waals surface area contributed by atoms with Gasteiger partial charge in [0.1, 0.15) is 5.69 Å². The number of nitrogens with one attached hydrogen (secondary N) is 3. The summed E-state index contributed by atoms with van der Waals surface area (Å²) in [6.45, 7) is 2.54. The molecule has 0 aliphatic rings. The number of fused-ring (bicyclic) bond motifs is 1. The van der Waals surface area contributed by atoms with Crippen LogP contribution >= 0.6 is 0 Å². The van der Waals surface area contributed by atoms with E-state index in [0.717, 1.165) is 30.3 Å². The molecule has 0 aliphatic carbocycles. The first-order valence-corrected chi connectivity index (χ1v) is 17.6. The van der Waals surface area contributed by atoms with E-state index < -0.39 is 53.5 Å². The number of rotatable bonds is 10. The van der Waals surface area contributed by atoms with E-state index in [2.05, 4.69) is 16.0 Å². The van der Waals surface area contributed by atoms with Crippen molar-refractivity contribution < 1.29 is 41.1 Å². The number of carboxylic acid groups (broad SMARTS) is 1. The van der Waals surface area contributed by atoms with E-state index in [4.69, 9.17) is 5.26 Å². The predicted molar refractivity (Wildman–Crippen MR) is 187 cm³/mol. The first kappa shape index (κ1) is 35.8. The van der Waals surface area contributed by atoms with Crippen LogP contribution in [-0.2, 0) is 36.7 Å². The highest BCUT2D eigenvalue weighted by Gasteiger charge is 2.37. The molecule has 5 rings (SSSR count). The number of nitrogens with zero attached hydrogens (tertiary/aromatic N) is 3. The van der Waals surface area contributed by atoms with Crippen LogP contribution in [0.1, 0.15) is 40.3 Å². The molecule has 0 fully saturated rings. The second-order valence-corrected chi connectivity index (χ2v) is 14.9. The van der Waals surface area contributed by atoms with Crippen molar-refractivity contribution >= 4 is 77.4 Å². The number of anilines is 4. The fourth-order valence-corrected chi connectivity index (χ4v) is 8.84. The van der Waals surface area contributed by atoms with Crippen LogP contribution in [0.5, 0.6) is 0 Å². The molecule has 1 heterocycles. The predicted octanol–water partition coefficient (Wildman–Crippen LogP) is 4.50. The number of carbonyl (C=O) groups excluding carboxylic acids is 3. The largest absolute Gasteiger partial charge is 0.478 e. The maximum absolute atomic E-state index is 14.2. The lowest BCUT2D eigenvalue weighted by Gasteiger charge is -2.24. The summed E-state index contributed by atoms with van der Waals surface area (Å²) in [6, 6.07) is 20.7. The zero-order valence-corrected chi connectivity index (χ0v) is 28.7. The Balaban J connectivity index is 1.61. The fourth-order valence-electron chi connectivity index (χ4n) is 5.16. The van der Waals surface area contributed by atoms with E-state index in [1.807, 2.05) is 6.07 Å². The van der Waals surface area contributed by atoms with Crippen molar-refractivity contribution in [1.82, 2.24) is 4.57 Å². The Morgan fingerprint density at radius 2 is 1.25 bits per heavy atom. The van der Waals surface area contributed by atoms with Crippen LogP contribution < -0.4 is 19.7 Å². The maximum atomic E-state index is 14.2. The average Bonchev–Trinajstić information content (AvgIpc) is 3.40. The molecular weight excluding hydrogens is 701 g/mol. The normalized spacial score (nSPS) is 11.3. The Morgan fingerprint density at radius 1 is 0.725 bits per heavy atom. The molecule has 4 aromatic carbocycles. The SMILES string of the molecule is CC(=O)Nc1ccc(S(=O)(=O)N(c2ccc3cc(C(=O)Nc4ccc(C#N)cc4C(=O)O)n(C)c3c2)S(=O)(=O)c2ccc(NC(C)=O)cc2)cc1. The Labute approximate surface area is 291 Å². The monoisotopic (exact) mass is 728 g/mol. The third-order valence-electron chi connectivity index (χ3n) is 7.48. The fraction of sp³-hybridized carbons (Fsp3) is 0.0882. The highest BCUT2D eigenvalue weighted by Crippen LogP contribution is 2.34. The van der Waals surface area contributed by atoms with Crippen LogP contribution in [0, 0.1) is 11.3 Å². The zero-order chi connectivity index (χ0) is 37.2. The third kappa shape index (κ3) is 7.27. The molecule has 0 saturated carbocycles. The Kier molecular flexibility index (Phi) is 9.67. The van der Waals surface area contributed by atoms with Crippen molar-refractivity contribution in [2.45, 2.75) is 23.6 Å². The number of amides is 3. The molecule has 1 aromatic heterocycles. The van der Waals surface area contributed by atoms with E-state index in [0.29, 0.717) is 5.39 Å². The second-order valence-electron chi connectivity index (χ2n) is 11.1. The van der Waals surface area contributed by atoms with E-state index in [9.17, 15) is 41.1 Å². The van der Waals surface area contributed by atoms with Gasteiger partial charge in [0.2, 0.25) is 11.8 Å². The van der Waals surface area contributed by atoms with Crippen LogP contribution in [0.15, 0.2) is 101 Å². The lowest BCUT2D eigenvalue weighted by atomic mass is 10.1. The van der Waals surface area contributed by atoms with Gasteiger partial charge in [-0.1, -0.05) is 6.07 Å². The number of carboxylic acids is 1. The molecule has 51 heavy (non-hydrogen) atoms. The van der Waals surface area contributed by atoms with Crippen molar-refractivity contribution in [3.8, 4) is 6.07 Å². The Bertz CT molecular complexity index is 2410. The van der Waals surface area contributed by atoms with Gasteiger partial charge < -0.3 is 25.6 Å². The average molecular weight is 729 g/mol. The number of benzene rings is 4. The molecule has 5 aromatic rings. The van der Waals surface area contributed by atoms with Gasteiger partial charge >= 0.3 is 5.97 Å². The molecular formula is C34H28N6O9S2. The van der Waals surface area contributed by atoms with Gasteiger partial charge in [-0.25, -0.2) is 21.6 Å². The van der Waals surface area contributed by atoms with Crippen LogP contribution in [0.25, 0.3) is 10.9 Å². The van der Waals surface area contributed by atoms with Gasteiger partial charge in [0, 0.05) is 37.7 Å². The standard InChI is InChI=1S/C34H28N6O9S2/c1-20(41)36-24-6-11-27(12-7-24)50(46,47)40(51(48,49)28-13-8-25(9-14-28)37-21(2)42)26-10-5-23-17-32(39(3)31(23)18-26)33(43)38-30-15-4-22(19-35)16-29(30)34(44)45/h4-18H,1-3H3,(H,36,41)(H,37,42)(H,38,43)(H,44,45). The van der Waals surface area contributed by atoms with Gasteiger partial charge in [-0.2, -0.15) is 8.97 Å². The van der Waals surface area contributed by atoms with Gasteiger partial charge in [0.05, 0.1) is 43.9 Å². The van der Waals surface area contributed by atoms with Gasteiger partial charge in [-0.3, -0.25) is 14.4 Å². The summed E-state index contributed by atoms with van der Waals surface area (Å²) in [5.41, 5.74) is 0.182. The molecule has 0 aliphatic heterocycles. The molecule has 4 N–H and O–H groups in total. The van der Waals surface area contributed by atoms with Crippen molar-refractivity contribution in [3.63, 3.8) is 0 Å². The minimum absolute atomic E-state index is 0.0160. The number of carbonyl (C=O) groups is 4. The summed E-state index contributed by atoms with van der Waals surface area (Å²) in [5.74, 6) is -2.92. The van der Waals surface area contributed by atoms with Gasteiger partial charge in [-0.15, -0.1) is 0 Å². The molecule has 0 atom stereocenters. The van der Waals surface area contributed by atoms with Crippen molar-refractivity contribution in [2.75, 3.05) is 19.7 Å². The molecule has 0 bridgehead atoms. The molecule has 3 amide bonds. The minimum atomic E-state index is -4.89. The molecule has 0 spiro atoms. The summed E-state index contributed by atoms with van der Waals surface area (Å²) in [4.78, 5) is 47.3. The quantitative estimate of drug-likeness (QED) is 0.157. The van der Waals surface area contributed by atoms with Gasteiger partial charge in [-0.05, 0) is 84.9 Å². The number of nitriles is 1. The van der Waals surface area contributed by atoms with E-state index in [1.165, 1.54) is 86.1 Å². The number of hydrogen-bond acceptors (Lipinski definition) is 9. The number of aryl methyl sites for hydroxylation is 1. The second kappa shape index (κ2) is 13.8. The van der Waals surface area contributed by atoms with E-state index >= 15 is 0 Å². The summed E-state index contributed by atoms with van der Waals surface area (Å²) >= 11 is 0. The summed E-state index contributed by atoms with van der Waals surface area (Å²) < 4.78 is 58.6. The topological polar surface area (TPSA) is 225 Å². The van der Waals surface area contributed by atoms with E-state index in [1.54, 1.807) is 0 Å². The molecule has 260 valence electrons. The third-order valence-corrected chi connectivity index (χ3v) is 11.7. The molecule has 0 radical (unpaired) electrons. The van der Waals surface area contributed by atoms with Gasteiger partial charge in [0.25, 0.3) is 26.0 Å². The number of sulfonamides is 2. The van der Waals surface area contributed by atoms with Crippen molar-refractivity contribution in [3.05, 3.63) is 108 Å². The van der Waals surface area contributed by atoms with Crippen molar-refractivity contribution in [2.24, 2.45) is 7.05 Å². The summed E-state index contributed by atoms with van der Waals surface area (Å²) in [7, 11) is -8.30. The highest BCUT2D eigenvalue weighted by molar-refractivity contribution is 8.10. The number of aromatic carboxylic acids is 1. The Morgan fingerprint density at radius 3 is 1.73 bits per heavy atom. The Hall–Kier alpha value is -6.51. The number of hydrogen-bond donors (Lipinski definition) is 4. The maximum Gasteiger partial charge on any atom is 0.337 e. The first-order valence-electron chi connectivity index (χ1n) is 14.8. The first-order chi connectivity index (χ1) is 24.0. The molecule has 0 saturated heterocycles. The number of aromatic nitrogens is 1. The lowest BCUT2D eigenvalue weighted by Crippen LogP contribution is -2.37. The van der Waals surface area contributed by atoms with Crippen LogP contribution in [-0.4, -0.2) is 50.2 Å². The smallest absolute Gasteiger partial charge is 0.337 e. The lowest BCUT2D eigenvalue weighted by molar-refractivity contribution is -0.115. The summed E-state index contributed by atoms with van der Waals surface area (Å²) in [6.07, 6.45) is 0. The van der Waals surface area contributed by atoms with Crippen molar-refractivity contribution in [1.29, 1.82) is 5.26 Å². The van der Waals surface area contributed by atoms with Crippen LogP contribution in [0.2, 0.25) is 0 Å². The highest BCUT2D eigenvalue weighted by atomic mass is 32.3. The van der Waals surface area contributed by atoms with E-state index in [-0.39, 0.29) is 48.8 Å². The van der Waals surface area contributed by atoms with Crippen LogP contribution in [0.4, 0.5) is 22.7 Å². The molecule has 17 heteroatoms. The minimum Gasteiger partial charge on any atom is -0.478 e. The summed E-state index contributed by atoms with van der Waals surface area (Å²) in [5, 5.41) is 26.7. The van der Waals surface area contributed by atoms with Crippen LogP contribution in [0.3, 0.4) is 0 Å².